The SMILES string of the molecule is Cc1cnc(C(=O)O)c(S(=O)(=O)N2CCCCC2)c1. The summed E-state index contributed by atoms with van der Waals surface area (Å²) in [4.78, 5) is 14.6. The molecule has 0 saturated carbocycles. The third kappa shape index (κ3) is 2.76. The van der Waals surface area contributed by atoms with Crippen molar-refractivity contribution in [2.75, 3.05) is 13.1 Å². The minimum Gasteiger partial charge on any atom is -0.476 e. The van der Waals surface area contributed by atoms with Crippen molar-refractivity contribution in [3.8, 4) is 0 Å². The van der Waals surface area contributed by atoms with E-state index in [9.17, 15) is 13.2 Å². The van der Waals surface area contributed by atoms with Gasteiger partial charge in [0.15, 0.2) is 5.69 Å². The number of aromatic carboxylic acids is 1. The lowest BCUT2D eigenvalue weighted by Gasteiger charge is -2.26. The van der Waals surface area contributed by atoms with Gasteiger partial charge < -0.3 is 5.11 Å². The number of carboxylic acid groups (broad SMARTS) is 1. The number of carboxylic acids is 1. The second kappa shape index (κ2) is 5.26. The van der Waals surface area contributed by atoms with E-state index in [0.717, 1.165) is 19.3 Å². The number of hydrogen-bond donors (Lipinski definition) is 1. The van der Waals surface area contributed by atoms with Crippen LogP contribution >= 0.6 is 0 Å². The first kappa shape index (κ1) is 14.0. The summed E-state index contributed by atoms with van der Waals surface area (Å²) < 4.78 is 26.3. The van der Waals surface area contributed by atoms with Crippen molar-refractivity contribution in [1.82, 2.24) is 9.29 Å². The van der Waals surface area contributed by atoms with Gasteiger partial charge in [0.25, 0.3) is 0 Å². The van der Waals surface area contributed by atoms with Crippen molar-refractivity contribution in [2.45, 2.75) is 31.1 Å². The zero-order chi connectivity index (χ0) is 14.0. The van der Waals surface area contributed by atoms with E-state index >= 15 is 0 Å². The van der Waals surface area contributed by atoms with E-state index in [1.54, 1.807) is 6.92 Å². The first-order valence-corrected chi connectivity index (χ1v) is 7.57. The van der Waals surface area contributed by atoms with Crippen LogP contribution in [0.15, 0.2) is 17.2 Å². The average Bonchev–Trinajstić information content (AvgIpc) is 2.39. The summed E-state index contributed by atoms with van der Waals surface area (Å²) in [5, 5.41) is 9.07. The number of nitrogens with zero attached hydrogens (tertiary/aromatic N) is 2. The van der Waals surface area contributed by atoms with E-state index in [1.165, 1.54) is 16.6 Å². The molecule has 19 heavy (non-hydrogen) atoms. The van der Waals surface area contributed by atoms with Gasteiger partial charge in [0, 0.05) is 19.3 Å². The molecule has 6 nitrogen and oxygen atoms in total. The van der Waals surface area contributed by atoms with Crippen molar-refractivity contribution in [3.63, 3.8) is 0 Å². The zero-order valence-electron chi connectivity index (χ0n) is 10.7. The summed E-state index contributed by atoms with van der Waals surface area (Å²) in [5.41, 5.74) is 0.219. The van der Waals surface area contributed by atoms with E-state index in [2.05, 4.69) is 4.98 Å². The van der Waals surface area contributed by atoms with Crippen molar-refractivity contribution >= 4 is 16.0 Å². The Hall–Kier alpha value is -1.47. The van der Waals surface area contributed by atoms with Crippen LogP contribution in [-0.4, -0.2) is 41.9 Å². The number of aromatic nitrogens is 1. The number of piperidine rings is 1. The monoisotopic (exact) mass is 284 g/mol. The van der Waals surface area contributed by atoms with Gasteiger partial charge in [-0.25, -0.2) is 18.2 Å². The van der Waals surface area contributed by atoms with Crippen LogP contribution in [0, 0.1) is 6.92 Å². The van der Waals surface area contributed by atoms with E-state index in [0.29, 0.717) is 18.7 Å². The molecule has 1 aromatic rings. The smallest absolute Gasteiger partial charge is 0.355 e. The van der Waals surface area contributed by atoms with Gasteiger partial charge in [-0.15, -0.1) is 0 Å². The fourth-order valence-corrected chi connectivity index (χ4v) is 3.88. The maximum Gasteiger partial charge on any atom is 0.355 e. The Bertz CT molecular complexity index is 592. The molecule has 1 N–H and O–H groups in total. The summed E-state index contributed by atoms with van der Waals surface area (Å²) in [6.07, 6.45) is 3.98. The Morgan fingerprint density at radius 3 is 2.53 bits per heavy atom. The highest BCUT2D eigenvalue weighted by atomic mass is 32.2. The van der Waals surface area contributed by atoms with Crippen molar-refractivity contribution in [2.24, 2.45) is 0 Å². The quantitative estimate of drug-likeness (QED) is 0.903. The molecular formula is C12H16N2O4S. The lowest BCUT2D eigenvalue weighted by atomic mass is 10.2. The Kier molecular flexibility index (Phi) is 3.86. The molecule has 1 aromatic heterocycles. The van der Waals surface area contributed by atoms with Crippen LogP contribution in [0.5, 0.6) is 0 Å². The predicted octanol–water partition coefficient (Wildman–Crippen LogP) is 1.26. The maximum absolute atomic E-state index is 12.5. The molecule has 0 unspecified atom stereocenters. The largest absolute Gasteiger partial charge is 0.476 e. The number of hydrogen-bond acceptors (Lipinski definition) is 4. The number of sulfonamides is 1. The summed E-state index contributed by atoms with van der Waals surface area (Å²) in [7, 11) is -3.77. The highest BCUT2D eigenvalue weighted by molar-refractivity contribution is 7.89. The van der Waals surface area contributed by atoms with Crippen molar-refractivity contribution in [3.05, 3.63) is 23.5 Å². The van der Waals surface area contributed by atoms with E-state index in [-0.39, 0.29) is 4.90 Å². The van der Waals surface area contributed by atoms with Crippen LogP contribution in [0.2, 0.25) is 0 Å². The van der Waals surface area contributed by atoms with Gasteiger partial charge >= 0.3 is 5.97 Å². The fourth-order valence-electron chi connectivity index (χ4n) is 2.14. The maximum atomic E-state index is 12.5. The molecular weight excluding hydrogens is 268 g/mol. The Labute approximate surface area is 112 Å². The molecule has 104 valence electrons. The molecule has 0 radical (unpaired) electrons. The highest BCUT2D eigenvalue weighted by Gasteiger charge is 2.30. The molecule has 0 bridgehead atoms. The van der Waals surface area contributed by atoms with E-state index in [1.807, 2.05) is 0 Å². The minimum absolute atomic E-state index is 0.207. The van der Waals surface area contributed by atoms with Crippen LogP contribution < -0.4 is 0 Å². The summed E-state index contributed by atoms with van der Waals surface area (Å²) in [6, 6.07) is 1.38. The molecule has 2 heterocycles. The first-order valence-electron chi connectivity index (χ1n) is 6.13. The standard InChI is InChI=1S/C12H16N2O4S/c1-9-7-10(11(12(15)16)13-8-9)19(17,18)14-5-3-2-4-6-14/h7-8H,2-6H2,1H3,(H,15,16). The summed E-state index contributed by atoms with van der Waals surface area (Å²) >= 11 is 0. The number of pyridine rings is 1. The van der Waals surface area contributed by atoms with Gasteiger partial charge in [0.05, 0.1) is 0 Å². The normalized spacial score (nSPS) is 17.3. The zero-order valence-corrected chi connectivity index (χ0v) is 11.5. The number of aryl methyl sites for hydroxylation is 1. The minimum atomic E-state index is -3.77. The predicted molar refractivity (Wildman–Crippen MR) is 68.5 cm³/mol. The average molecular weight is 284 g/mol. The van der Waals surface area contributed by atoms with Crippen LogP contribution in [0.25, 0.3) is 0 Å². The van der Waals surface area contributed by atoms with Crippen LogP contribution in [0.1, 0.15) is 35.3 Å². The van der Waals surface area contributed by atoms with Gasteiger partial charge in [-0.2, -0.15) is 4.31 Å². The van der Waals surface area contributed by atoms with Crippen molar-refractivity contribution < 1.29 is 18.3 Å². The van der Waals surface area contributed by atoms with Gasteiger partial charge in [0.1, 0.15) is 4.90 Å². The molecule has 0 aliphatic carbocycles. The molecule has 0 spiro atoms. The molecule has 0 aromatic carbocycles. The lowest BCUT2D eigenvalue weighted by Crippen LogP contribution is -2.36. The second-order valence-electron chi connectivity index (χ2n) is 4.63. The van der Waals surface area contributed by atoms with Crippen LogP contribution in [-0.2, 0) is 10.0 Å². The molecule has 7 heteroatoms. The second-order valence-corrected chi connectivity index (χ2v) is 6.54. The molecule has 0 amide bonds. The lowest BCUT2D eigenvalue weighted by molar-refractivity contribution is 0.0685. The Morgan fingerprint density at radius 1 is 1.32 bits per heavy atom. The molecule has 1 fully saturated rings. The van der Waals surface area contributed by atoms with Crippen molar-refractivity contribution in [1.29, 1.82) is 0 Å². The summed E-state index contributed by atoms with van der Waals surface area (Å²) in [6.45, 7) is 2.57. The number of carbonyl (C=O) groups is 1. The van der Waals surface area contributed by atoms with E-state index in [4.69, 9.17) is 5.11 Å². The molecule has 0 atom stereocenters. The first-order chi connectivity index (χ1) is 8.93. The third-order valence-electron chi connectivity index (χ3n) is 3.12. The van der Waals surface area contributed by atoms with E-state index < -0.39 is 21.7 Å². The fraction of sp³-hybridized carbons (Fsp3) is 0.500. The van der Waals surface area contributed by atoms with Gasteiger partial charge in [0.2, 0.25) is 10.0 Å². The topological polar surface area (TPSA) is 87.6 Å². The molecule has 2 rings (SSSR count). The molecule has 1 aliphatic heterocycles. The molecule has 1 saturated heterocycles. The number of rotatable bonds is 3. The van der Waals surface area contributed by atoms with Gasteiger partial charge in [-0.1, -0.05) is 6.42 Å². The Morgan fingerprint density at radius 2 is 1.95 bits per heavy atom. The Balaban J connectivity index is 2.49. The third-order valence-corrected chi connectivity index (χ3v) is 5.04. The van der Waals surface area contributed by atoms with Gasteiger partial charge in [-0.3, -0.25) is 0 Å². The van der Waals surface area contributed by atoms with Crippen LogP contribution in [0.3, 0.4) is 0 Å². The van der Waals surface area contributed by atoms with Crippen LogP contribution in [0.4, 0.5) is 0 Å². The summed E-state index contributed by atoms with van der Waals surface area (Å²) in [5.74, 6) is -1.32. The molecule has 1 aliphatic rings. The van der Waals surface area contributed by atoms with Gasteiger partial charge in [-0.05, 0) is 31.4 Å². The highest BCUT2D eigenvalue weighted by Crippen LogP contribution is 2.23.